The molecule has 0 aliphatic rings. The lowest BCUT2D eigenvalue weighted by Gasteiger charge is -2.21. The first-order chi connectivity index (χ1) is 10.3. The summed E-state index contributed by atoms with van der Waals surface area (Å²) < 4.78 is 0. The molecule has 0 fully saturated rings. The van der Waals surface area contributed by atoms with E-state index in [1.807, 2.05) is 46.1 Å². The third-order valence-electron chi connectivity index (χ3n) is 3.60. The third-order valence-corrected chi connectivity index (χ3v) is 3.60. The molecule has 0 spiro atoms. The SMILES string of the molecule is CC(=O)N(CCCN(C)C)CC(=O)Nc1ccc(C)c(C)c1. The predicted octanol–water partition coefficient (Wildman–Crippen LogP) is 2.04. The van der Waals surface area contributed by atoms with E-state index >= 15 is 0 Å². The van der Waals surface area contributed by atoms with Crippen LogP contribution in [0.3, 0.4) is 0 Å². The molecule has 0 saturated heterocycles. The summed E-state index contributed by atoms with van der Waals surface area (Å²) in [6.45, 7) is 7.11. The molecular weight excluding hydrogens is 278 g/mol. The van der Waals surface area contributed by atoms with Crippen LogP contribution in [-0.4, -0.2) is 55.3 Å². The zero-order valence-corrected chi connectivity index (χ0v) is 14.3. The summed E-state index contributed by atoms with van der Waals surface area (Å²) in [5.74, 6) is -0.239. The number of carbonyl (C=O) groups excluding carboxylic acids is 2. The van der Waals surface area contributed by atoms with E-state index in [1.54, 1.807) is 4.90 Å². The van der Waals surface area contributed by atoms with E-state index < -0.39 is 0 Å². The third kappa shape index (κ3) is 6.26. The van der Waals surface area contributed by atoms with Gasteiger partial charge in [0.05, 0.1) is 6.54 Å². The van der Waals surface area contributed by atoms with Gasteiger partial charge >= 0.3 is 0 Å². The Hall–Kier alpha value is -1.88. The van der Waals surface area contributed by atoms with Gasteiger partial charge in [-0.2, -0.15) is 0 Å². The standard InChI is InChI=1S/C17H27N3O2/c1-13-7-8-16(11-14(13)2)18-17(22)12-20(15(3)21)10-6-9-19(4)5/h7-8,11H,6,9-10,12H2,1-5H3,(H,18,22). The Morgan fingerprint density at radius 1 is 1.09 bits per heavy atom. The van der Waals surface area contributed by atoms with Gasteiger partial charge in [0.15, 0.2) is 0 Å². The molecule has 0 aliphatic heterocycles. The number of hydrogen-bond donors (Lipinski definition) is 1. The summed E-state index contributed by atoms with van der Waals surface area (Å²) in [5.41, 5.74) is 3.09. The van der Waals surface area contributed by atoms with Crippen LogP contribution < -0.4 is 5.32 Å². The van der Waals surface area contributed by atoms with Crippen molar-refractivity contribution in [2.75, 3.05) is 39.0 Å². The lowest BCUT2D eigenvalue weighted by molar-refractivity contribution is -0.132. The summed E-state index contributed by atoms with van der Waals surface area (Å²) in [6, 6.07) is 5.80. The van der Waals surface area contributed by atoms with Crippen LogP contribution in [0.1, 0.15) is 24.5 Å². The number of anilines is 1. The van der Waals surface area contributed by atoms with Crippen LogP contribution in [0.15, 0.2) is 18.2 Å². The Kier molecular flexibility index (Phi) is 7.05. The number of benzene rings is 1. The topological polar surface area (TPSA) is 52.7 Å². The van der Waals surface area contributed by atoms with Gasteiger partial charge in [0.25, 0.3) is 0 Å². The molecule has 5 nitrogen and oxygen atoms in total. The Morgan fingerprint density at radius 3 is 2.32 bits per heavy atom. The summed E-state index contributed by atoms with van der Waals surface area (Å²) in [7, 11) is 3.98. The monoisotopic (exact) mass is 305 g/mol. The van der Waals surface area contributed by atoms with Crippen molar-refractivity contribution in [3.8, 4) is 0 Å². The first-order valence-electron chi connectivity index (χ1n) is 7.57. The summed E-state index contributed by atoms with van der Waals surface area (Å²) in [4.78, 5) is 27.4. The molecule has 0 atom stereocenters. The number of rotatable bonds is 7. The number of nitrogens with one attached hydrogen (secondary N) is 1. The molecule has 1 rings (SSSR count). The molecule has 1 aromatic carbocycles. The van der Waals surface area contributed by atoms with Gasteiger partial charge in [0.2, 0.25) is 11.8 Å². The smallest absolute Gasteiger partial charge is 0.243 e. The van der Waals surface area contributed by atoms with E-state index in [9.17, 15) is 9.59 Å². The van der Waals surface area contributed by atoms with Crippen molar-refractivity contribution in [2.24, 2.45) is 0 Å². The Balaban J connectivity index is 2.55. The van der Waals surface area contributed by atoms with Gasteiger partial charge in [-0.15, -0.1) is 0 Å². The van der Waals surface area contributed by atoms with Gasteiger partial charge in [0, 0.05) is 19.2 Å². The van der Waals surface area contributed by atoms with Crippen molar-refractivity contribution in [2.45, 2.75) is 27.2 Å². The second-order valence-electron chi connectivity index (χ2n) is 5.94. The van der Waals surface area contributed by atoms with Gasteiger partial charge in [-0.1, -0.05) is 6.07 Å². The molecule has 0 bridgehead atoms. The van der Waals surface area contributed by atoms with Crippen LogP contribution in [0.5, 0.6) is 0 Å². The normalized spacial score (nSPS) is 10.6. The second kappa shape index (κ2) is 8.54. The highest BCUT2D eigenvalue weighted by atomic mass is 16.2. The Labute approximate surface area is 133 Å². The molecule has 0 aliphatic carbocycles. The van der Waals surface area contributed by atoms with Crippen molar-refractivity contribution >= 4 is 17.5 Å². The molecule has 5 heteroatoms. The van der Waals surface area contributed by atoms with E-state index in [2.05, 4.69) is 10.2 Å². The van der Waals surface area contributed by atoms with E-state index in [1.165, 1.54) is 12.5 Å². The van der Waals surface area contributed by atoms with Crippen molar-refractivity contribution in [1.82, 2.24) is 9.80 Å². The van der Waals surface area contributed by atoms with Crippen LogP contribution in [0.4, 0.5) is 5.69 Å². The maximum atomic E-state index is 12.1. The number of aryl methyl sites for hydroxylation is 2. The zero-order valence-electron chi connectivity index (χ0n) is 14.3. The average Bonchev–Trinajstić information content (AvgIpc) is 2.41. The van der Waals surface area contributed by atoms with E-state index in [0.717, 1.165) is 24.2 Å². The fraction of sp³-hybridized carbons (Fsp3) is 0.529. The first-order valence-corrected chi connectivity index (χ1v) is 7.57. The van der Waals surface area contributed by atoms with Crippen molar-refractivity contribution in [1.29, 1.82) is 0 Å². The zero-order chi connectivity index (χ0) is 16.7. The van der Waals surface area contributed by atoms with Gasteiger partial charge in [-0.05, 0) is 64.2 Å². The summed E-state index contributed by atoms with van der Waals surface area (Å²) in [5, 5.41) is 2.85. The number of carbonyl (C=O) groups is 2. The fourth-order valence-corrected chi connectivity index (χ4v) is 2.12. The minimum absolute atomic E-state index is 0.0750. The van der Waals surface area contributed by atoms with Crippen molar-refractivity contribution in [3.63, 3.8) is 0 Å². The average molecular weight is 305 g/mol. The van der Waals surface area contributed by atoms with E-state index in [4.69, 9.17) is 0 Å². The lowest BCUT2D eigenvalue weighted by Crippen LogP contribution is -2.38. The van der Waals surface area contributed by atoms with Crippen molar-refractivity contribution in [3.05, 3.63) is 29.3 Å². The number of nitrogens with zero attached hydrogens (tertiary/aromatic N) is 2. The Bertz CT molecular complexity index is 527. The minimum Gasteiger partial charge on any atom is -0.334 e. The molecule has 0 heterocycles. The lowest BCUT2D eigenvalue weighted by atomic mass is 10.1. The minimum atomic E-state index is -0.164. The van der Waals surface area contributed by atoms with Crippen LogP contribution in [0.2, 0.25) is 0 Å². The molecule has 0 saturated carbocycles. The van der Waals surface area contributed by atoms with Crippen molar-refractivity contribution < 1.29 is 9.59 Å². The molecule has 122 valence electrons. The first kappa shape index (κ1) is 18.2. The second-order valence-corrected chi connectivity index (χ2v) is 5.94. The van der Waals surface area contributed by atoms with E-state index in [-0.39, 0.29) is 18.4 Å². The molecule has 22 heavy (non-hydrogen) atoms. The quantitative estimate of drug-likeness (QED) is 0.839. The maximum absolute atomic E-state index is 12.1. The van der Waals surface area contributed by atoms with Gasteiger partial charge < -0.3 is 15.1 Å². The largest absolute Gasteiger partial charge is 0.334 e. The predicted molar refractivity (Wildman–Crippen MR) is 90.0 cm³/mol. The molecule has 2 amide bonds. The maximum Gasteiger partial charge on any atom is 0.243 e. The molecular formula is C17H27N3O2. The molecule has 1 aromatic rings. The van der Waals surface area contributed by atoms with E-state index in [0.29, 0.717) is 6.54 Å². The molecule has 0 unspecified atom stereocenters. The fourth-order valence-electron chi connectivity index (χ4n) is 2.12. The highest BCUT2D eigenvalue weighted by Crippen LogP contribution is 2.14. The van der Waals surface area contributed by atoms with Gasteiger partial charge in [-0.25, -0.2) is 0 Å². The summed E-state index contributed by atoms with van der Waals surface area (Å²) >= 11 is 0. The number of amides is 2. The van der Waals surface area contributed by atoms with Crippen LogP contribution in [0, 0.1) is 13.8 Å². The van der Waals surface area contributed by atoms with Crippen LogP contribution in [0.25, 0.3) is 0 Å². The van der Waals surface area contributed by atoms with Crippen LogP contribution >= 0.6 is 0 Å². The molecule has 1 N–H and O–H groups in total. The summed E-state index contributed by atoms with van der Waals surface area (Å²) in [6.07, 6.45) is 0.851. The number of hydrogen-bond acceptors (Lipinski definition) is 3. The highest BCUT2D eigenvalue weighted by Gasteiger charge is 2.13. The molecule has 0 aromatic heterocycles. The Morgan fingerprint density at radius 2 is 1.77 bits per heavy atom. The van der Waals surface area contributed by atoms with Gasteiger partial charge in [-0.3, -0.25) is 9.59 Å². The molecule has 0 radical (unpaired) electrons. The van der Waals surface area contributed by atoms with Gasteiger partial charge in [0.1, 0.15) is 0 Å². The van der Waals surface area contributed by atoms with Crippen LogP contribution in [-0.2, 0) is 9.59 Å². The highest BCUT2D eigenvalue weighted by molar-refractivity contribution is 5.94.